The van der Waals surface area contributed by atoms with E-state index in [-0.39, 0.29) is 24.7 Å². The van der Waals surface area contributed by atoms with Gasteiger partial charge in [0.2, 0.25) is 0 Å². The lowest BCUT2D eigenvalue weighted by atomic mass is 9.79. The Hall–Kier alpha value is -1.90. The molecule has 0 saturated carbocycles. The maximum Gasteiger partial charge on any atom is 0.308 e. The molecule has 16 nitrogen and oxygen atoms in total. The first-order chi connectivity index (χ1) is 28.4. The maximum absolute atomic E-state index is 13.9. The molecule has 16 heteroatoms. The second kappa shape index (κ2) is 25.4. The van der Waals surface area contributed by atoms with Crippen LogP contribution >= 0.6 is 0 Å². The zero-order valence-electron chi connectivity index (χ0n) is 38.3. The third-order valence-electron chi connectivity index (χ3n) is 12.6. The van der Waals surface area contributed by atoms with Crippen LogP contribution in [0, 0.1) is 23.7 Å². The Labute approximate surface area is 358 Å². The molecule has 0 spiro atoms. The topological polar surface area (TPSA) is 198 Å². The van der Waals surface area contributed by atoms with Crippen molar-refractivity contribution in [1.82, 2.24) is 15.1 Å². The number of aliphatic hydroxyl groups is 4. The Bertz CT molecular complexity index is 1350. The molecule has 3 rings (SSSR count). The number of hydrogen-bond acceptors (Lipinski definition) is 16. The fourth-order valence-electron chi connectivity index (χ4n) is 8.71. The van der Waals surface area contributed by atoms with E-state index in [1.807, 2.05) is 40.9 Å². The number of likely N-dealkylation sites (N-methyl/N-ethyl adjacent to an activating group) is 1. The molecule has 0 aromatic rings. The predicted molar refractivity (Wildman–Crippen MR) is 226 cm³/mol. The van der Waals surface area contributed by atoms with Gasteiger partial charge < -0.3 is 68.7 Å². The van der Waals surface area contributed by atoms with Crippen LogP contribution in [0.1, 0.15) is 73.6 Å². The van der Waals surface area contributed by atoms with Gasteiger partial charge in [0, 0.05) is 32.0 Å². The number of methoxy groups -OCH3 is 2. The summed E-state index contributed by atoms with van der Waals surface area (Å²) in [5.41, 5.74) is 0.752. The molecule has 5 N–H and O–H groups in total. The van der Waals surface area contributed by atoms with Gasteiger partial charge in [0.25, 0.3) is 0 Å². The molecule has 0 aliphatic carbocycles. The summed E-state index contributed by atoms with van der Waals surface area (Å²) < 4.78 is 42.5. The van der Waals surface area contributed by atoms with Crippen LogP contribution in [-0.4, -0.2) is 190 Å². The number of ketones is 1. The molecule has 17 atom stereocenters. The number of ether oxygens (including phenoxy) is 7. The number of carbonyl (C=O) groups is 2. The molecular weight excluding hydrogens is 778 g/mol. The Balaban J connectivity index is 2.01. The third kappa shape index (κ3) is 14.6. The van der Waals surface area contributed by atoms with E-state index in [1.54, 1.807) is 51.9 Å². The van der Waals surface area contributed by atoms with Gasteiger partial charge in [0.05, 0.1) is 49.6 Å². The fourth-order valence-corrected chi connectivity index (χ4v) is 8.71. The van der Waals surface area contributed by atoms with Gasteiger partial charge in [-0.2, -0.15) is 0 Å². The molecule has 2 saturated heterocycles. The fraction of sp³-hybridized carbons (Fsp3) is 0.864. The molecular formula is C44H79N3O13. The highest BCUT2D eigenvalue weighted by Gasteiger charge is 2.48. The summed E-state index contributed by atoms with van der Waals surface area (Å²) in [5, 5.41) is 48.2. The van der Waals surface area contributed by atoms with Crippen LogP contribution in [0.2, 0.25) is 0 Å². The third-order valence-corrected chi connectivity index (χ3v) is 12.6. The molecule has 3 heterocycles. The van der Waals surface area contributed by atoms with Crippen molar-refractivity contribution in [2.45, 2.75) is 153 Å². The Morgan fingerprint density at radius 3 is 2.13 bits per heavy atom. The van der Waals surface area contributed by atoms with Gasteiger partial charge in [-0.1, -0.05) is 38.5 Å². The van der Waals surface area contributed by atoms with Crippen LogP contribution in [0.5, 0.6) is 0 Å². The molecule has 0 radical (unpaired) electrons. The number of allylic oxidation sites excluding steroid dienone is 3. The van der Waals surface area contributed by atoms with E-state index in [9.17, 15) is 30.0 Å². The SMILES string of the molecule is CC[C@H]1OC(=O)CC(O)[C@H](C)[C@@H](O[C@@H]2O[C@H](C)[C@@H](O)[C@H](N(C)C)[C@H]2O)[C@@H](CCN(C)CCCNC)C[C@@H](C)C(=O)/C=C/C(C)=C/[C@@H]1CO[C@@H]1O[C@H](C)[C@@H](O)[C@@H](OC)[C@H]1OC. The molecule has 0 aromatic heterocycles. The Kier molecular flexibility index (Phi) is 22.2. The van der Waals surface area contributed by atoms with Crippen molar-refractivity contribution in [2.24, 2.45) is 23.7 Å². The number of hydrogen-bond donors (Lipinski definition) is 5. The van der Waals surface area contributed by atoms with Crippen molar-refractivity contribution in [3.05, 3.63) is 23.8 Å². The molecule has 3 aliphatic heterocycles. The summed E-state index contributed by atoms with van der Waals surface area (Å²) in [6.45, 7) is 13.3. The molecule has 0 amide bonds. The lowest BCUT2D eigenvalue weighted by Crippen LogP contribution is -2.63. The standard InChI is InChI=1S/C44H79N3O13/c1-13-34-31(24-56-44-42(55-12)41(54-11)38(52)29(6)58-44)21-25(2)15-16-32(48)26(3)22-30(17-20-47(10)19-14-18-45-7)40(27(4)33(49)23-35(50)59-34)60-43-39(53)36(46(8)9)37(51)28(5)57-43/h15-16,21,26-31,33-34,36-45,49,51-53H,13-14,17-20,22-24H2,1-12H3/b16-15+,25-21+/t26-,27+,28-,29-,30+,31-,33?,34-,36+,37-,38-,39-,40-,41-,42-,43+,44-/m1/s1. The highest BCUT2D eigenvalue weighted by atomic mass is 16.7. The molecule has 60 heavy (non-hydrogen) atoms. The lowest BCUT2D eigenvalue weighted by Gasteiger charge is -2.46. The van der Waals surface area contributed by atoms with Crippen molar-refractivity contribution < 1.29 is 63.2 Å². The summed E-state index contributed by atoms with van der Waals surface area (Å²) >= 11 is 0. The highest BCUT2D eigenvalue weighted by Crippen LogP contribution is 2.35. The van der Waals surface area contributed by atoms with E-state index in [0.29, 0.717) is 25.8 Å². The minimum Gasteiger partial charge on any atom is -0.462 e. The van der Waals surface area contributed by atoms with Crippen LogP contribution in [0.3, 0.4) is 0 Å². The Morgan fingerprint density at radius 1 is 0.867 bits per heavy atom. The van der Waals surface area contributed by atoms with Gasteiger partial charge in [-0.05, 0) is 106 Å². The minimum absolute atomic E-state index is 0.0375. The van der Waals surface area contributed by atoms with E-state index in [0.717, 1.165) is 25.1 Å². The molecule has 1 unspecified atom stereocenters. The zero-order valence-corrected chi connectivity index (χ0v) is 38.3. The molecule has 0 bridgehead atoms. The number of nitrogens with one attached hydrogen (secondary N) is 1. The van der Waals surface area contributed by atoms with Crippen molar-refractivity contribution in [3.63, 3.8) is 0 Å². The van der Waals surface area contributed by atoms with Gasteiger partial charge in [-0.25, -0.2) is 0 Å². The van der Waals surface area contributed by atoms with Crippen molar-refractivity contribution in [3.8, 4) is 0 Å². The number of nitrogens with zero attached hydrogens (tertiary/aromatic N) is 2. The molecule has 0 aromatic carbocycles. The van der Waals surface area contributed by atoms with Gasteiger partial charge in [-0.15, -0.1) is 0 Å². The summed E-state index contributed by atoms with van der Waals surface area (Å²) in [5.74, 6) is -2.63. The summed E-state index contributed by atoms with van der Waals surface area (Å²) in [7, 11) is 10.5. The quantitative estimate of drug-likeness (QED) is 0.111. The average molecular weight is 858 g/mol. The largest absolute Gasteiger partial charge is 0.462 e. The van der Waals surface area contributed by atoms with Crippen molar-refractivity contribution >= 4 is 11.8 Å². The highest BCUT2D eigenvalue weighted by molar-refractivity contribution is 5.91. The van der Waals surface area contributed by atoms with Crippen LogP contribution in [0.4, 0.5) is 0 Å². The van der Waals surface area contributed by atoms with E-state index < -0.39 is 103 Å². The first-order valence-electron chi connectivity index (χ1n) is 21.8. The van der Waals surface area contributed by atoms with Crippen LogP contribution < -0.4 is 5.32 Å². The number of rotatable bonds is 16. The second-order valence-corrected chi connectivity index (χ2v) is 17.5. The van der Waals surface area contributed by atoms with Crippen LogP contribution in [-0.2, 0) is 42.7 Å². The van der Waals surface area contributed by atoms with Crippen molar-refractivity contribution in [2.75, 3.05) is 68.7 Å². The Morgan fingerprint density at radius 2 is 1.52 bits per heavy atom. The molecule has 3 aliphatic rings. The number of cyclic esters (lactones) is 1. The van der Waals surface area contributed by atoms with E-state index >= 15 is 0 Å². The van der Waals surface area contributed by atoms with E-state index in [1.165, 1.54) is 14.2 Å². The van der Waals surface area contributed by atoms with Crippen LogP contribution in [0.15, 0.2) is 23.8 Å². The minimum atomic E-state index is -1.24. The van der Waals surface area contributed by atoms with Crippen LogP contribution in [0.25, 0.3) is 0 Å². The number of carbonyl (C=O) groups excluding carboxylic acids is 2. The van der Waals surface area contributed by atoms with Gasteiger partial charge >= 0.3 is 5.97 Å². The van der Waals surface area contributed by atoms with Gasteiger partial charge in [0.15, 0.2) is 18.4 Å². The summed E-state index contributed by atoms with van der Waals surface area (Å²) in [4.78, 5) is 31.7. The number of aliphatic hydroxyl groups excluding tert-OH is 4. The number of esters is 1. The van der Waals surface area contributed by atoms with Gasteiger partial charge in [0.1, 0.15) is 30.5 Å². The smallest absolute Gasteiger partial charge is 0.308 e. The predicted octanol–water partition coefficient (Wildman–Crippen LogP) is 1.90. The van der Waals surface area contributed by atoms with Gasteiger partial charge in [-0.3, -0.25) is 9.59 Å². The van der Waals surface area contributed by atoms with E-state index in [4.69, 9.17) is 33.2 Å². The lowest BCUT2D eigenvalue weighted by molar-refractivity contribution is -0.304. The summed E-state index contributed by atoms with van der Waals surface area (Å²) in [6, 6.07) is -0.691. The second-order valence-electron chi connectivity index (χ2n) is 17.5. The monoisotopic (exact) mass is 858 g/mol. The summed E-state index contributed by atoms with van der Waals surface area (Å²) in [6.07, 6.45) is -3.39. The normalized spacial score (nSPS) is 40.6. The first-order valence-corrected chi connectivity index (χ1v) is 21.8. The average Bonchev–Trinajstić information content (AvgIpc) is 3.20. The molecule has 348 valence electrons. The van der Waals surface area contributed by atoms with Crippen molar-refractivity contribution in [1.29, 1.82) is 0 Å². The zero-order chi connectivity index (χ0) is 44.8. The molecule has 2 fully saturated rings. The maximum atomic E-state index is 13.9. The van der Waals surface area contributed by atoms with E-state index in [2.05, 4.69) is 10.2 Å². The first kappa shape index (κ1) is 52.4.